The molecule has 0 spiro atoms. The van der Waals surface area contributed by atoms with Gasteiger partial charge in [0.05, 0.1) is 17.1 Å². The van der Waals surface area contributed by atoms with Gasteiger partial charge in [-0.3, -0.25) is 14.9 Å². The fourth-order valence-corrected chi connectivity index (χ4v) is 2.22. The van der Waals surface area contributed by atoms with Crippen LogP contribution in [0, 0.1) is 17.0 Å². The predicted octanol–water partition coefficient (Wildman–Crippen LogP) is 4.34. The number of benzene rings is 2. The number of hydrogen-bond acceptors (Lipinski definition) is 4. The number of amides is 1. The highest BCUT2D eigenvalue weighted by Crippen LogP contribution is 2.22. The van der Waals surface area contributed by atoms with E-state index < -0.39 is 4.92 Å². The summed E-state index contributed by atoms with van der Waals surface area (Å²) in [6, 6.07) is 11.7. The highest BCUT2D eigenvalue weighted by Gasteiger charge is 2.10. The zero-order chi connectivity index (χ0) is 18.2. The SMILES string of the molecule is CCCOc1ccc(NC(=O)C=Cc2ccccc2[N+](=O)[O-])c(C)c1. The molecular formula is C19H20N2O4. The van der Waals surface area contributed by atoms with Gasteiger partial charge in [-0.1, -0.05) is 19.1 Å². The number of anilines is 1. The molecule has 6 heteroatoms. The van der Waals surface area contributed by atoms with Crippen LogP contribution in [0.15, 0.2) is 48.5 Å². The molecule has 0 aliphatic carbocycles. The average molecular weight is 340 g/mol. The van der Waals surface area contributed by atoms with E-state index in [1.807, 2.05) is 19.9 Å². The highest BCUT2D eigenvalue weighted by molar-refractivity contribution is 6.02. The Morgan fingerprint density at radius 3 is 2.72 bits per heavy atom. The van der Waals surface area contributed by atoms with Gasteiger partial charge >= 0.3 is 0 Å². The van der Waals surface area contributed by atoms with Crippen molar-refractivity contribution in [2.24, 2.45) is 0 Å². The molecule has 0 saturated heterocycles. The third kappa shape index (κ3) is 5.17. The van der Waals surface area contributed by atoms with Gasteiger partial charge in [-0.2, -0.15) is 0 Å². The number of carbonyl (C=O) groups excluding carboxylic acids is 1. The number of rotatable bonds is 7. The number of ether oxygens (including phenoxy) is 1. The molecule has 25 heavy (non-hydrogen) atoms. The average Bonchev–Trinajstić information content (AvgIpc) is 2.60. The summed E-state index contributed by atoms with van der Waals surface area (Å²) in [5.74, 6) is 0.399. The second-order valence-electron chi connectivity index (χ2n) is 5.46. The van der Waals surface area contributed by atoms with E-state index in [4.69, 9.17) is 4.74 Å². The van der Waals surface area contributed by atoms with Crippen molar-refractivity contribution < 1.29 is 14.5 Å². The summed E-state index contributed by atoms with van der Waals surface area (Å²) in [6.07, 6.45) is 3.64. The summed E-state index contributed by atoms with van der Waals surface area (Å²) in [7, 11) is 0. The Morgan fingerprint density at radius 1 is 1.28 bits per heavy atom. The molecule has 0 aromatic heterocycles. The minimum Gasteiger partial charge on any atom is -0.494 e. The molecule has 6 nitrogen and oxygen atoms in total. The van der Waals surface area contributed by atoms with E-state index in [1.165, 1.54) is 18.2 Å². The summed E-state index contributed by atoms with van der Waals surface area (Å²) in [6.45, 7) is 4.55. The third-order valence-electron chi connectivity index (χ3n) is 3.48. The maximum Gasteiger partial charge on any atom is 0.276 e. The first-order valence-corrected chi connectivity index (χ1v) is 7.97. The molecule has 0 aliphatic heterocycles. The Labute approximate surface area is 146 Å². The molecule has 0 unspecified atom stereocenters. The van der Waals surface area contributed by atoms with E-state index in [9.17, 15) is 14.9 Å². The smallest absolute Gasteiger partial charge is 0.276 e. The van der Waals surface area contributed by atoms with Crippen molar-refractivity contribution in [1.82, 2.24) is 0 Å². The summed E-state index contributed by atoms with van der Waals surface area (Å²) in [5, 5.41) is 13.7. The minimum atomic E-state index is -0.475. The van der Waals surface area contributed by atoms with Gasteiger partial charge in [-0.05, 0) is 49.2 Å². The number of nitrogens with zero attached hydrogens (tertiary/aromatic N) is 1. The first-order valence-electron chi connectivity index (χ1n) is 7.97. The second kappa shape index (κ2) is 8.63. The van der Waals surface area contributed by atoms with E-state index in [0.717, 1.165) is 17.7 Å². The molecule has 2 rings (SSSR count). The summed E-state index contributed by atoms with van der Waals surface area (Å²) in [5.41, 5.74) is 1.88. The molecule has 0 bridgehead atoms. The number of aryl methyl sites for hydroxylation is 1. The lowest BCUT2D eigenvalue weighted by atomic mass is 10.1. The van der Waals surface area contributed by atoms with E-state index in [0.29, 0.717) is 17.9 Å². The van der Waals surface area contributed by atoms with Crippen LogP contribution < -0.4 is 10.1 Å². The number of nitrogens with one attached hydrogen (secondary N) is 1. The zero-order valence-corrected chi connectivity index (χ0v) is 14.2. The lowest BCUT2D eigenvalue weighted by molar-refractivity contribution is -0.385. The summed E-state index contributed by atoms with van der Waals surface area (Å²) in [4.78, 5) is 22.6. The van der Waals surface area contributed by atoms with Crippen molar-refractivity contribution in [3.05, 3.63) is 69.8 Å². The van der Waals surface area contributed by atoms with Crippen molar-refractivity contribution in [2.75, 3.05) is 11.9 Å². The number of nitro groups is 1. The van der Waals surface area contributed by atoms with E-state index >= 15 is 0 Å². The van der Waals surface area contributed by atoms with Gasteiger partial charge in [0, 0.05) is 17.8 Å². The number of carbonyl (C=O) groups is 1. The molecule has 0 heterocycles. The molecule has 2 aromatic rings. The van der Waals surface area contributed by atoms with Crippen molar-refractivity contribution in [2.45, 2.75) is 20.3 Å². The minimum absolute atomic E-state index is 0.0415. The largest absolute Gasteiger partial charge is 0.494 e. The van der Waals surface area contributed by atoms with Crippen LogP contribution in [-0.2, 0) is 4.79 Å². The molecule has 0 fully saturated rings. The summed E-state index contributed by atoms with van der Waals surface area (Å²) < 4.78 is 5.55. The van der Waals surface area contributed by atoms with Gasteiger partial charge < -0.3 is 10.1 Å². The topological polar surface area (TPSA) is 81.5 Å². The van der Waals surface area contributed by atoms with Gasteiger partial charge in [0.15, 0.2) is 0 Å². The van der Waals surface area contributed by atoms with Crippen LogP contribution in [0.1, 0.15) is 24.5 Å². The maximum absolute atomic E-state index is 12.1. The quantitative estimate of drug-likeness (QED) is 0.462. The van der Waals surface area contributed by atoms with Crippen molar-refractivity contribution in [3.8, 4) is 5.75 Å². The molecule has 130 valence electrons. The van der Waals surface area contributed by atoms with Crippen molar-refractivity contribution in [3.63, 3.8) is 0 Å². The number of nitro benzene ring substituents is 1. The molecule has 0 atom stereocenters. The number of para-hydroxylation sites is 1. The van der Waals surface area contributed by atoms with Gasteiger partial charge in [0.25, 0.3) is 5.69 Å². The van der Waals surface area contributed by atoms with Crippen LogP contribution >= 0.6 is 0 Å². The van der Waals surface area contributed by atoms with E-state index in [-0.39, 0.29) is 11.6 Å². The summed E-state index contributed by atoms with van der Waals surface area (Å²) >= 11 is 0. The molecule has 0 radical (unpaired) electrons. The third-order valence-corrected chi connectivity index (χ3v) is 3.48. The van der Waals surface area contributed by atoms with Crippen LogP contribution in [0.25, 0.3) is 6.08 Å². The van der Waals surface area contributed by atoms with Gasteiger partial charge in [-0.15, -0.1) is 0 Å². The van der Waals surface area contributed by atoms with Gasteiger partial charge in [-0.25, -0.2) is 0 Å². The van der Waals surface area contributed by atoms with Gasteiger partial charge in [0.2, 0.25) is 5.91 Å². The molecule has 0 saturated carbocycles. The first kappa shape index (κ1) is 18.2. The van der Waals surface area contributed by atoms with Crippen molar-refractivity contribution >= 4 is 23.4 Å². The standard InChI is InChI=1S/C19H20N2O4/c1-3-12-25-16-9-10-17(14(2)13-16)20-19(22)11-8-15-6-4-5-7-18(15)21(23)24/h4-11,13H,3,12H2,1-2H3,(H,20,22). The Hall–Kier alpha value is -3.15. The molecular weight excluding hydrogens is 320 g/mol. The van der Waals surface area contributed by atoms with E-state index in [1.54, 1.807) is 30.3 Å². The monoisotopic (exact) mass is 340 g/mol. The zero-order valence-electron chi connectivity index (χ0n) is 14.2. The lowest BCUT2D eigenvalue weighted by Crippen LogP contribution is -2.09. The Kier molecular flexibility index (Phi) is 6.28. The maximum atomic E-state index is 12.1. The fraction of sp³-hybridized carbons (Fsp3) is 0.211. The molecule has 1 amide bonds. The Morgan fingerprint density at radius 2 is 2.04 bits per heavy atom. The molecule has 0 aliphatic rings. The predicted molar refractivity (Wildman–Crippen MR) is 97.7 cm³/mol. The Bertz CT molecular complexity index is 800. The van der Waals surface area contributed by atoms with Crippen LogP contribution in [-0.4, -0.2) is 17.4 Å². The molecule has 2 aromatic carbocycles. The lowest BCUT2D eigenvalue weighted by Gasteiger charge is -2.10. The second-order valence-corrected chi connectivity index (χ2v) is 5.46. The van der Waals surface area contributed by atoms with Crippen LogP contribution in [0.3, 0.4) is 0 Å². The first-order chi connectivity index (χ1) is 12.0. The van der Waals surface area contributed by atoms with Crippen LogP contribution in [0.5, 0.6) is 5.75 Å². The molecule has 1 N–H and O–H groups in total. The highest BCUT2D eigenvalue weighted by atomic mass is 16.6. The van der Waals surface area contributed by atoms with Gasteiger partial charge in [0.1, 0.15) is 5.75 Å². The fourth-order valence-electron chi connectivity index (χ4n) is 2.22. The normalized spacial score (nSPS) is 10.6. The van der Waals surface area contributed by atoms with Crippen LogP contribution in [0.2, 0.25) is 0 Å². The van der Waals surface area contributed by atoms with Crippen molar-refractivity contribution in [1.29, 1.82) is 0 Å². The van der Waals surface area contributed by atoms with Crippen LogP contribution in [0.4, 0.5) is 11.4 Å². The number of hydrogen-bond donors (Lipinski definition) is 1. The Balaban J connectivity index is 2.06. The van der Waals surface area contributed by atoms with E-state index in [2.05, 4.69) is 5.32 Å².